The zero-order valence-corrected chi connectivity index (χ0v) is 14.5. The molecule has 0 aromatic heterocycles. The molecule has 0 spiro atoms. The van der Waals surface area contributed by atoms with Gasteiger partial charge in [-0.15, -0.1) is 0 Å². The summed E-state index contributed by atoms with van der Waals surface area (Å²) in [4.78, 5) is 36.0. The van der Waals surface area contributed by atoms with Gasteiger partial charge in [-0.1, -0.05) is 18.2 Å². The molecule has 0 saturated carbocycles. The van der Waals surface area contributed by atoms with Crippen molar-refractivity contribution in [3.8, 4) is 0 Å². The van der Waals surface area contributed by atoms with Crippen LogP contribution >= 0.6 is 0 Å². The second kappa shape index (κ2) is 6.63. The number of benzene rings is 2. The van der Waals surface area contributed by atoms with Crippen LogP contribution in [0.3, 0.4) is 0 Å². The third-order valence-corrected chi connectivity index (χ3v) is 4.58. The smallest absolute Gasteiger partial charge is 0.319 e. The fraction of sp³-hybridized carbons (Fsp3) is 0.222. The Morgan fingerprint density at radius 3 is 2.29 bits per heavy atom. The summed E-state index contributed by atoms with van der Waals surface area (Å²) in [6.45, 7) is 0.840. The van der Waals surface area contributed by atoms with Gasteiger partial charge in [0, 0.05) is 12.1 Å². The van der Waals surface area contributed by atoms with Crippen molar-refractivity contribution in [2.45, 2.75) is 25.2 Å². The number of halogens is 3. The molecule has 0 bridgehead atoms. The minimum absolute atomic E-state index is 0.194. The Bertz CT molecular complexity index is 959. The van der Waals surface area contributed by atoms with E-state index in [4.69, 9.17) is 0 Å². The average Bonchev–Trinajstić information content (AvgIpc) is 2.85. The van der Waals surface area contributed by atoms with Crippen molar-refractivity contribution >= 4 is 17.6 Å². The minimum Gasteiger partial charge on any atom is -0.319 e. The topological polar surface area (TPSA) is 92.6 Å². The highest BCUT2D eigenvalue weighted by Gasteiger charge is 2.49. The van der Waals surface area contributed by atoms with E-state index in [1.165, 1.54) is 49.4 Å². The maximum Gasteiger partial charge on any atom is 0.416 e. The van der Waals surface area contributed by atoms with Crippen molar-refractivity contribution in [1.82, 2.24) is 10.2 Å². The fourth-order valence-electron chi connectivity index (χ4n) is 3.06. The first-order valence-corrected chi connectivity index (χ1v) is 8.08. The van der Waals surface area contributed by atoms with Crippen LogP contribution in [0.15, 0.2) is 48.5 Å². The molecule has 3 rings (SSSR count). The highest BCUT2D eigenvalue weighted by atomic mass is 19.4. The van der Waals surface area contributed by atoms with Crippen molar-refractivity contribution in [3.05, 3.63) is 75.3 Å². The van der Waals surface area contributed by atoms with Gasteiger partial charge in [0.15, 0.2) is 0 Å². The first-order valence-electron chi connectivity index (χ1n) is 8.08. The Morgan fingerprint density at radius 1 is 1.11 bits per heavy atom. The van der Waals surface area contributed by atoms with Gasteiger partial charge in [-0.2, -0.15) is 13.2 Å². The lowest BCUT2D eigenvalue weighted by Gasteiger charge is -2.22. The second-order valence-electron chi connectivity index (χ2n) is 6.41. The molecule has 1 heterocycles. The molecule has 0 unspecified atom stereocenters. The van der Waals surface area contributed by atoms with E-state index >= 15 is 0 Å². The summed E-state index contributed by atoms with van der Waals surface area (Å²) in [5, 5.41) is 13.2. The predicted octanol–water partition coefficient (Wildman–Crippen LogP) is 3.58. The molecule has 1 saturated heterocycles. The Morgan fingerprint density at radius 2 is 1.71 bits per heavy atom. The van der Waals surface area contributed by atoms with E-state index in [-0.39, 0.29) is 16.8 Å². The van der Waals surface area contributed by atoms with Crippen molar-refractivity contribution in [2.24, 2.45) is 0 Å². The molecule has 10 heteroatoms. The Labute approximate surface area is 156 Å². The molecule has 0 aliphatic carbocycles. The number of non-ortho nitro benzene ring substituents is 1. The molecule has 1 atom stereocenters. The molecule has 1 N–H and O–H groups in total. The van der Waals surface area contributed by atoms with Gasteiger partial charge in [-0.25, -0.2) is 4.79 Å². The number of rotatable bonds is 4. The number of carbonyl (C=O) groups is 2. The highest BCUT2D eigenvalue weighted by molar-refractivity contribution is 6.07. The molecule has 2 aromatic carbocycles. The summed E-state index contributed by atoms with van der Waals surface area (Å²) in [6, 6.07) is 8.85. The van der Waals surface area contributed by atoms with Crippen molar-refractivity contribution in [1.29, 1.82) is 0 Å². The quantitative estimate of drug-likeness (QED) is 0.488. The molecular formula is C18H14F3N3O4. The predicted molar refractivity (Wildman–Crippen MR) is 91.0 cm³/mol. The molecular weight excluding hydrogens is 379 g/mol. The van der Waals surface area contributed by atoms with Gasteiger partial charge in [-0.3, -0.25) is 19.8 Å². The van der Waals surface area contributed by atoms with Crippen molar-refractivity contribution in [2.75, 3.05) is 0 Å². The third-order valence-electron chi connectivity index (χ3n) is 4.58. The van der Waals surface area contributed by atoms with Gasteiger partial charge in [0.05, 0.1) is 17.0 Å². The van der Waals surface area contributed by atoms with Crippen molar-refractivity contribution in [3.63, 3.8) is 0 Å². The highest BCUT2D eigenvalue weighted by Crippen LogP contribution is 2.35. The maximum absolute atomic E-state index is 13.2. The van der Waals surface area contributed by atoms with Crippen LogP contribution in [0.5, 0.6) is 0 Å². The summed E-state index contributed by atoms with van der Waals surface area (Å²) in [5.74, 6) is -0.747. The number of amides is 3. The molecule has 2 aromatic rings. The van der Waals surface area contributed by atoms with E-state index in [0.29, 0.717) is 4.90 Å². The first kappa shape index (κ1) is 19.3. The number of nitro groups is 1. The van der Waals surface area contributed by atoms with E-state index < -0.39 is 40.7 Å². The minimum atomic E-state index is -4.63. The molecule has 28 heavy (non-hydrogen) atoms. The lowest BCUT2D eigenvalue weighted by Crippen LogP contribution is -2.40. The van der Waals surface area contributed by atoms with Crippen LogP contribution < -0.4 is 5.32 Å². The summed E-state index contributed by atoms with van der Waals surface area (Å²) in [6.07, 6.45) is -4.63. The van der Waals surface area contributed by atoms with E-state index in [1.54, 1.807) is 0 Å². The van der Waals surface area contributed by atoms with E-state index in [9.17, 15) is 32.9 Å². The number of hydrogen-bond donors (Lipinski definition) is 1. The van der Waals surface area contributed by atoms with Gasteiger partial charge in [-0.05, 0) is 36.2 Å². The zero-order valence-electron chi connectivity index (χ0n) is 14.5. The summed E-state index contributed by atoms with van der Waals surface area (Å²) < 4.78 is 39.5. The molecule has 1 aliphatic rings. The van der Waals surface area contributed by atoms with Gasteiger partial charge < -0.3 is 5.32 Å². The van der Waals surface area contributed by atoms with Crippen LogP contribution in [-0.4, -0.2) is 21.8 Å². The van der Waals surface area contributed by atoms with Crippen LogP contribution in [-0.2, 0) is 23.1 Å². The Balaban J connectivity index is 1.91. The van der Waals surface area contributed by atoms with Crippen LogP contribution in [0.2, 0.25) is 0 Å². The summed E-state index contributed by atoms with van der Waals surface area (Å²) in [5.41, 5.74) is -2.60. The SMILES string of the molecule is C[C@]1(c2ccc([N+](=O)[O-])cc2)NC(=O)N(Cc2ccccc2C(F)(F)F)C1=O. The molecule has 3 amide bonds. The number of nitro benzene ring substituents is 1. The number of imide groups is 1. The van der Waals surface area contributed by atoms with E-state index in [1.807, 2.05) is 0 Å². The number of carbonyl (C=O) groups excluding carboxylic acids is 2. The van der Waals surface area contributed by atoms with E-state index in [0.717, 1.165) is 6.07 Å². The first-order chi connectivity index (χ1) is 13.0. The second-order valence-corrected chi connectivity index (χ2v) is 6.41. The lowest BCUT2D eigenvalue weighted by molar-refractivity contribution is -0.384. The average molecular weight is 393 g/mol. The number of nitrogens with zero attached hydrogens (tertiary/aromatic N) is 2. The number of alkyl halides is 3. The van der Waals surface area contributed by atoms with Crippen LogP contribution in [0.4, 0.5) is 23.7 Å². The number of hydrogen-bond acceptors (Lipinski definition) is 4. The van der Waals surface area contributed by atoms with Crippen molar-refractivity contribution < 1.29 is 27.7 Å². The van der Waals surface area contributed by atoms with Gasteiger partial charge in [0.1, 0.15) is 5.54 Å². The molecule has 146 valence electrons. The summed E-state index contributed by atoms with van der Waals surface area (Å²) >= 11 is 0. The number of nitrogens with one attached hydrogen (secondary N) is 1. The van der Waals surface area contributed by atoms with Crippen LogP contribution in [0.25, 0.3) is 0 Å². The maximum atomic E-state index is 13.2. The third kappa shape index (κ3) is 3.28. The normalized spacial score (nSPS) is 19.6. The zero-order chi connectivity index (χ0) is 20.7. The van der Waals surface area contributed by atoms with Gasteiger partial charge >= 0.3 is 12.2 Å². The summed E-state index contributed by atoms with van der Waals surface area (Å²) in [7, 11) is 0. The molecule has 1 fully saturated rings. The standard InChI is InChI=1S/C18H14F3N3O4/c1-17(12-6-8-13(9-7-12)24(27)28)15(25)23(16(26)22-17)10-11-4-2-3-5-14(11)18(19,20)21/h2-9H,10H2,1H3,(H,22,26)/t17-/m1/s1. The largest absolute Gasteiger partial charge is 0.416 e. The monoisotopic (exact) mass is 393 g/mol. The number of urea groups is 1. The Hall–Kier alpha value is -3.43. The van der Waals surface area contributed by atoms with Crippen LogP contribution in [0, 0.1) is 10.1 Å². The molecule has 7 nitrogen and oxygen atoms in total. The lowest BCUT2D eigenvalue weighted by atomic mass is 9.91. The molecule has 0 radical (unpaired) electrons. The van der Waals surface area contributed by atoms with Crippen LogP contribution in [0.1, 0.15) is 23.6 Å². The van der Waals surface area contributed by atoms with Gasteiger partial charge in [0.2, 0.25) is 0 Å². The molecule has 1 aliphatic heterocycles. The van der Waals surface area contributed by atoms with E-state index in [2.05, 4.69) is 5.32 Å². The fourth-order valence-corrected chi connectivity index (χ4v) is 3.06. The van der Waals surface area contributed by atoms with Gasteiger partial charge in [0.25, 0.3) is 11.6 Å². The Kier molecular flexibility index (Phi) is 4.58.